The van der Waals surface area contributed by atoms with E-state index in [1.165, 1.54) is 4.90 Å². The Morgan fingerprint density at radius 1 is 0.935 bits per heavy atom. The fourth-order valence-electron chi connectivity index (χ4n) is 3.99. The van der Waals surface area contributed by atoms with Gasteiger partial charge in [0.05, 0.1) is 23.4 Å². The molecule has 0 saturated carbocycles. The number of carbonyl (C=O) groups is 3. The van der Waals surface area contributed by atoms with E-state index in [4.69, 9.17) is 4.74 Å². The number of rotatable bonds is 6. The van der Waals surface area contributed by atoms with E-state index in [2.05, 4.69) is 0 Å². The molecule has 0 aliphatic carbocycles. The Labute approximate surface area is 182 Å². The van der Waals surface area contributed by atoms with Gasteiger partial charge in [0, 0.05) is 13.1 Å². The molecular formula is C25H26N2O4. The number of carbonyl (C=O) groups excluding carboxylic acids is 3. The van der Waals surface area contributed by atoms with Crippen LogP contribution in [0.25, 0.3) is 5.57 Å². The summed E-state index contributed by atoms with van der Waals surface area (Å²) in [4.78, 5) is 42.2. The number of hydrogen-bond donors (Lipinski definition) is 0. The van der Waals surface area contributed by atoms with Gasteiger partial charge in [0.1, 0.15) is 5.70 Å². The highest BCUT2D eigenvalue weighted by Gasteiger charge is 2.42. The second-order valence-corrected chi connectivity index (χ2v) is 7.91. The number of hydrogen-bond acceptors (Lipinski definition) is 5. The van der Waals surface area contributed by atoms with Gasteiger partial charge >= 0.3 is 5.97 Å². The fourth-order valence-corrected chi connectivity index (χ4v) is 3.99. The Bertz CT molecular complexity index is 1030. The van der Waals surface area contributed by atoms with Crippen molar-refractivity contribution in [3.05, 3.63) is 70.9 Å². The van der Waals surface area contributed by atoms with Crippen LogP contribution >= 0.6 is 0 Å². The van der Waals surface area contributed by atoms with Gasteiger partial charge < -0.3 is 9.64 Å². The molecule has 1 saturated heterocycles. The summed E-state index contributed by atoms with van der Waals surface area (Å²) >= 11 is 0. The van der Waals surface area contributed by atoms with Gasteiger partial charge in [-0.1, -0.05) is 36.8 Å². The van der Waals surface area contributed by atoms with Crippen molar-refractivity contribution in [2.45, 2.75) is 33.1 Å². The number of amides is 2. The molecule has 0 N–H and O–H groups in total. The number of esters is 1. The lowest BCUT2D eigenvalue weighted by molar-refractivity contribution is -0.120. The van der Waals surface area contributed by atoms with E-state index in [-0.39, 0.29) is 11.8 Å². The molecule has 160 valence electrons. The Morgan fingerprint density at radius 3 is 2.19 bits per heavy atom. The molecule has 2 aromatic rings. The van der Waals surface area contributed by atoms with Gasteiger partial charge in [0.2, 0.25) is 0 Å². The summed E-state index contributed by atoms with van der Waals surface area (Å²) in [6.45, 7) is 5.80. The summed E-state index contributed by atoms with van der Waals surface area (Å²) in [6.07, 6.45) is 2.74. The zero-order valence-electron chi connectivity index (χ0n) is 17.9. The molecular weight excluding hydrogens is 392 g/mol. The van der Waals surface area contributed by atoms with Crippen molar-refractivity contribution in [3.8, 4) is 0 Å². The molecule has 1 fully saturated rings. The zero-order chi connectivity index (χ0) is 22.0. The molecule has 2 aliphatic heterocycles. The average Bonchev–Trinajstić information content (AvgIpc) is 3.39. The van der Waals surface area contributed by atoms with E-state index < -0.39 is 5.97 Å². The highest BCUT2D eigenvalue weighted by molar-refractivity contribution is 6.45. The van der Waals surface area contributed by atoms with Gasteiger partial charge in [-0.15, -0.1) is 0 Å². The molecule has 4 rings (SSSR count). The van der Waals surface area contributed by atoms with Crippen LogP contribution < -0.4 is 4.90 Å². The van der Waals surface area contributed by atoms with E-state index in [1.807, 2.05) is 43.0 Å². The number of aryl methyl sites for hydroxylation is 1. The molecule has 2 heterocycles. The molecule has 2 aliphatic rings. The van der Waals surface area contributed by atoms with Gasteiger partial charge in [0.25, 0.3) is 11.8 Å². The Kier molecular flexibility index (Phi) is 5.89. The van der Waals surface area contributed by atoms with Gasteiger partial charge in [-0.05, 0) is 56.0 Å². The van der Waals surface area contributed by atoms with Gasteiger partial charge in [0.15, 0.2) is 0 Å². The molecule has 0 spiro atoms. The summed E-state index contributed by atoms with van der Waals surface area (Å²) in [5, 5.41) is 0. The standard InChI is InChI=1S/C25H26N2O4/c1-3-16-31-25(30)19-10-12-20(13-11-19)27-23(28)21(18-8-6-17(2)7-9-18)22(24(27)29)26-14-4-5-15-26/h6-13H,3-5,14-16H2,1-2H3. The van der Waals surface area contributed by atoms with E-state index in [0.717, 1.165) is 43.5 Å². The minimum atomic E-state index is -0.413. The first-order valence-electron chi connectivity index (χ1n) is 10.7. The third-order valence-electron chi connectivity index (χ3n) is 5.62. The minimum absolute atomic E-state index is 0.316. The van der Waals surface area contributed by atoms with Crippen LogP contribution in [0.2, 0.25) is 0 Å². The molecule has 0 unspecified atom stereocenters. The molecule has 2 amide bonds. The summed E-state index contributed by atoms with van der Waals surface area (Å²) in [5.74, 6) is -1.07. The fraction of sp³-hybridized carbons (Fsp3) is 0.320. The van der Waals surface area contributed by atoms with Crippen LogP contribution in [0.5, 0.6) is 0 Å². The predicted molar refractivity (Wildman–Crippen MR) is 118 cm³/mol. The first-order valence-corrected chi connectivity index (χ1v) is 10.7. The van der Waals surface area contributed by atoms with E-state index in [0.29, 0.717) is 29.1 Å². The van der Waals surface area contributed by atoms with Crippen LogP contribution in [0.15, 0.2) is 54.2 Å². The Balaban J connectivity index is 1.68. The molecule has 0 bridgehead atoms. The first kappa shape index (κ1) is 20.8. The average molecular weight is 418 g/mol. The van der Waals surface area contributed by atoms with Crippen molar-refractivity contribution in [2.24, 2.45) is 0 Å². The first-order chi connectivity index (χ1) is 15.0. The third-order valence-corrected chi connectivity index (χ3v) is 5.62. The summed E-state index contributed by atoms with van der Waals surface area (Å²) < 4.78 is 5.15. The lowest BCUT2D eigenvalue weighted by Crippen LogP contribution is -2.34. The second kappa shape index (κ2) is 8.76. The highest BCUT2D eigenvalue weighted by Crippen LogP contribution is 2.36. The maximum absolute atomic E-state index is 13.5. The van der Waals surface area contributed by atoms with Crippen molar-refractivity contribution >= 4 is 29.0 Å². The van der Waals surface area contributed by atoms with Crippen LogP contribution in [0.4, 0.5) is 5.69 Å². The van der Waals surface area contributed by atoms with E-state index >= 15 is 0 Å². The Morgan fingerprint density at radius 2 is 1.58 bits per heavy atom. The van der Waals surface area contributed by atoms with Crippen LogP contribution in [0, 0.1) is 6.92 Å². The molecule has 6 nitrogen and oxygen atoms in total. The van der Waals surface area contributed by atoms with Crippen molar-refractivity contribution in [1.29, 1.82) is 0 Å². The lowest BCUT2D eigenvalue weighted by Gasteiger charge is -2.20. The van der Waals surface area contributed by atoms with Crippen LogP contribution in [0.1, 0.15) is 47.7 Å². The third kappa shape index (κ3) is 3.98. The molecule has 2 aromatic carbocycles. The maximum atomic E-state index is 13.5. The normalized spacial score (nSPS) is 16.5. The van der Waals surface area contributed by atoms with Crippen molar-refractivity contribution in [2.75, 3.05) is 24.6 Å². The monoisotopic (exact) mass is 418 g/mol. The minimum Gasteiger partial charge on any atom is -0.462 e. The smallest absolute Gasteiger partial charge is 0.338 e. The molecule has 0 atom stereocenters. The van der Waals surface area contributed by atoms with Crippen molar-refractivity contribution < 1.29 is 19.1 Å². The number of likely N-dealkylation sites (tertiary alicyclic amines) is 1. The number of benzene rings is 2. The van der Waals surface area contributed by atoms with Crippen LogP contribution in [0.3, 0.4) is 0 Å². The largest absolute Gasteiger partial charge is 0.462 e. The van der Waals surface area contributed by atoms with Gasteiger partial charge in [-0.2, -0.15) is 0 Å². The SMILES string of the molecule is CCCOC(=O)c1ccc(N2C(=O)C(c3ccc(C)cc3)=C(N3CCCC3)C2=O)cc1. The van der Waals surface area contributed by atoms with E-state index in [1.54, 1.807) is 24.3 Å². The van der Waals surface area contributed by atoms with Gasteiger partial charge in [-0.25, -0.2) is 9.69 Å². The highest BCUT2D eigenvalue weighted by atomic mass is 16.5. The summed E-state index contributed by atoms with van der Waals surface area (Å²) in [6, 6.07) is 14.1. The predicted octanol–water partition coefficient (Wildman–Crippen LogP) is 3.94. The number of imide groups is 1. The Hall–Kier alpha value is -3.41. The van der Waals surface area contributed by atoms with Gasteiger partial charge in [-0.3, -0.25) is 9.59 Å². The molecule has 6 heteroatoms. The molecule has 31 heavy (non-hydrogen) atoms. The molecule has 0 radical (unpaired) electrons. The lowest BCUT2D eigenvalue weighted by atomic mass is 10.0. The van der Waals surface area contributed by atoms with Crippen LogP contribution in [-0.4, -0.2) is 42.4 Å². The second-order valence-electron chi connectivity index (χ2n) is 7.91. The number of anilines is 1. The van der Waals surface area contributed by atoms with Crippen molar-refractivity contribution in [3.63, 3.8) is 0 Å². The summed E-state index contributed by atoms with van der Waals surface area (Å²) in [7, 11) is 0. The quantitative estimate of drug-likeness (QED) is 0.525. The van der Waals surface area contributed by atoms with E-state index in [9.17, 15) is 14.4 Å². The zero-order valence-corrected chi connectivity index (χ0v) is 17.9. The maximum Gasteiger partial charge on any atom is 0.338 e. The number of nitrogens with zero attached hydrogens (tertiary/aromatic N) is 2. The molecule has 0 aromatic heterocycles. The van der Waals surface area contributed by atoms with Crippen LogP contribution in [-0.2, 0) is 14.3 Å². The van der Waals surface area contributed by atoms with Crippen molar-refractivity contribution in [1.82, 2.24) is 4.90 Å². The topological polar surface area (TPSA) is 66.9 Å². The summed E-state index contributed by atoms with van der Waals surface area (Å²) in [5.41, 5.74) is 3.58. The number of ether oxygens (including phenoxy) is 1.